The van der Waals surface area contributed by atoms with Gasteiger partial charge in [0.1, 0.15) is 0 Å². The van der Waals surface area contributed by atoms with Crippen molar-refractivity contribution < 1.29 is 4.79 Å². The summed E-state index contributed by atoms with van der Waals surface area (Å²) in [7, 11) is 3.59. The van der Waals surface area contributed by atoms with E-state index in [-0.39, 0.29) is 5.91 Å². The van der Waals surface area contributed by atoms with Crippen LogP contribution in [0.5, 0.6) is 0 Å². The zero-order chi connectivity index (χ0) is 14.3. The van der Waals surface area contributed by atoms with Gasteiger partial charge in [0.2, 0.25) is 5.91 Å². The Balaban J connectivity index is 2.57. The zero-order valence-corrected chi connectivity index (χ0v) is 12.6. The maximum atomic E-state index is 11.6. The number of carbonyl (C=O) groups excluding carboxylic acids is 1. The monoisotopic (exact) mass is 265 g/mol. The summed E-state index contributed by atoms with van der Waals surface area (Å²) in [6.45, 7) is 6.07. The molecule has 0 saturated carbocycles. The topological polar surface area (TPSA) is 37.3 Å². The largest absolute Gasteiger partial charge is 0.353 e. The second kappa shape index (κ2) is 8.00. The summed E-state index contributed by atoms with van der Waals surface area (Å²) in [5, 5.41) is 3.51. The molecule has 1 amide bonds. The molecular weight excluding hydrogens is 238 g/mol. The van der Waals surface area contributed by atoms with E-state index in [2.05, 4.69) is 42.2 Å². The number of carbonyl (C=O) groups is 1. The maximum Gasteiger partial charge on any atom is 0.223 e. The van der Waals surface area contributed by atoms with Crippen LogP contribution in [0.1, 0.15) is 44.7 Å². The van der Waals surface area contributed by atoms with Crippen LogP contribution in [0.25, 0.3) is 0 Å². The first-order valence-electron chi connectivity index (χ1n) is 7.17. The van der Waals surface area contributed by atoms with E-state index in [1.165, 1.54) is 12.0 Å². The average molecular weight is 265 g/mol. The number of amides is 1. The fourth-order valence-corrected chi connectivity index (χ4v) is 2.17. The lowest BCUT2D eigenvalue weighted by molar-refractivity contribution is -0.128. The first-order chi connectivity index (χ1) is 9.08. The Bertz CT molecular complexity index is 378. The van der Waals surface area contributed by atoms with E-state index >= 15 is 0 Å². The van der Waals surface area contributed by atoms with E-state index in [1.807, 2.05) is 0 Å². The molecule has 0 bridgehead atoms. The number of hydrogen-bond acceptors (Lipinski definition) is 2. The molecule has 1 aromatic heterocycles. The van der Waals surface area contributed by atoms with E-state index in [0.717, 1.165) is 19.5 Å². The van der Waals surface area contributed by atoms with Crippen molar-refractivity contribution in [2.75, 3.05) is 20.6 Å². The molecule has 1 N–H and O–H groups in total. The number of rotatable bonds is 8. The van der Waals surface area contributed by atoms with Crippen molar-refractivity contribution in [1.29, 1.82) is 0 Å². The summed E-state index contributed by atoms with van der Waals surface area (Å²) >= 11 is 0. The van der Waals surface area contributed by atoms with Gasteiger partial charge in [0.15, 0.2) is 0 Å². The van der Waals surface area contributed by atoms with Gasteiger partial charge in [-0.2, -0.15) is 0 Å². The van der Waals surface area contributed by atoms with Crippen molar-refractivity contribution in [3.63, 3.8) is 0 Å². The van der Waals surface area contributed by atoms with Gasteiger partial charge in [0.05, 0.1) is 0 Å². The number of nitrogens with zero attached hydrogens (tertiary/aromatic N) is 2. The number of aromatic nitrogens is 1. The van der Waals surface area contributed by atoms with Crippen LogP contribution < -0.4 is 5.32 Å². The number of hydrogen-bond donors (Lipinski definition) is 1. The van der Waals surface area contributed by atoms with E-state index in [4.69, 9.17) is 0 Å². The Hall–Kier alpha value is -1.29. The van der Waals surface area contributed by atoms with Gasteiger partial charge >= 0.3 is 0 Å². The second-order valence-corrected chi connectivity index (χ2v) is 5.12. The second-order valence-electron chi connectivity index (χ2n) is 5.12. The SMILES string of the molecule is CCCC(NCC)c1ccn(CCC(=O)N(C)C)c1. The van der Waals surface area contributed by atoms with E-state index in [1.54, 1.807) is 19.0 Å². The molecule has 0 radical (unpaired) electrons. The lowest BCUT2D eigenvalue weighted by Crippen LogP contribution is -2.22. The quantitative estimate of drug-likeness (QED) is 0.784. The first-order valence-corrected chi connectivity index (χ1v) is 7.17. The summed E-state index contributed by atoms with van der Waals surface area (Å²) in [6.07, 6.45) is 7.10. The smallest absolute Gasteiger partial charge is 0.223 e. The normalized spacial score (nSPS) is 12.4. The van der Waals surface area contributed by atoms with Crippen molar-refractivity contribution in [3.8, 4) is 0 Å². The van der Waals surface area contributed by atoms with Gasteiger partial charge in [0, 0.05) is 45.5 Å². The van der Waals surface area contributed by atoms with Gasteiger partial charge in [-0.25, -0.2) is 0 Å². The van der Waals surface area contributed by atoms with E-state index < -0.39 is 0 Å². The fourth-order valence-electron chi connectivity index (χ4n) is 2.17. The summed E-state index contributed by atoms with van der Waals surface area (Å²) in [6, 6.07) is 2.59. The van der Waals surface area contributed by atoms with Crippen LogP contribution in [0.3, 0.4) is 0 Å². The van der Waals surface area contributed by atoms with Crippen LogP contribution in [-0.4, -0.2) is 36.0 Å². The van der Waals surface area contributed by atoms with Crippen molar-refractivity contribution in [1.82, 2.24) is 14.8 Å². The molecule has 0 spiro atoms. The van der Waals surface area contributed by atoms with Crippen LogP contribution in [0.2, 0.25) is 0 Å². The van der Waals surface area contributed by atoms with Crippen LogP contribution >= 0.6 is 0 Å². The molecule has 1 atom stereocenters. The summed E-state index contributed by atoms with van der Waals surface area (Å²) in [4.78, 5) is 13.2. The third kappa shape index (κ3) is 5.07. The predicted octanol–water partition coefficient (Wildman–Crippen LogP) is 2.42. The zero-order valence-electron chi connectivity index (χ0n) is 12.6. The molecule has 0 fully saturated rings. The third-order valence-electron chi connectivity index (χ3n) is 3.29. The molecule has 1 rings (SSSR count). The molecule has 0 saturated heterocycles. The highest BCUT2D eigenvalue weighted by molar-refractivity contribution is 5.75. The van der Waals surface area contributed by atoms with Crippen LogP contribution in [0.15, 0.2) is 18.5 Å². The fraction of sp³-hybridized carbons (Fsp3) is 0.667. The average Bonchev–Trinajstić information content (AvgIpc) is 2.84. The highest BCUT2D eigenvalue weighted by atomic mass is 16.2. The van der Waals surface area contributed by atoms with Gasteiger partial charge in [-0.1, -0.05) is 20.3 Å². The molecule has 4 heteroatoms. The Labute approximate surface area is 116 Å². The molecule has 0 aliphatic rings. The molecule has 108 valence electrons. The Morgan fingerprint density at radius 1 is 1.42 bits per heavy atom. The van der Waals surface area contributed by atoms with Gasteiger partial charge in [-0.3, -0.25) is 4.79 Å². The van der Waals surface area contributed by atoms with Crippen LogP contribution in [0.4, 0.5) is 0 Å². The minimum atomic E-state index is 0.173. The number of nitrogens with one attached hydrogen (secondary N) is 1. The predicted molar refractivity (Wildman–Crippen MR) is 79.1 cm³/mol. The van der Waals surface area contributed by atoms with Crippen molar-refractivity contribution >= 4 is 5.91 Å². The molecular formula is C15H27N3O. The highest BCUT2D eigenvalue weighted by Crippen LogP contribution is 2.18. The molecule has 19 heavy (non-hydrogen) atoms. The molecule has 1 heterocycles. The Kier molecular flexibility index (Phi) is 6.64. The van der Waals surface area contributed by atoms with Gasteiger partial charge in [0.25, 0.3) is 0 Å². The van der Waals surface area contributed by atoms with Gasteiger partial charge < -0.3 is 14.8 Å². The van der Waals surface area contributed by atoms with Crippen molar-refractivity contribution in [2.45, 2.75) is 45.7 Å². The van der Waals surface area contributed by atoms with Crippen molar-refractivity contribution in [2.24, 2.45) is 0 Å². The molecule has 0 aromatic carbocycles. The summed E-state index contributed by atoms with van der Waals surface area (Å²) in [5.74, 6) is 0.173. The summed E-state index contributed by atoms with van der Waals surface area (Å²) < 4.78 is 2.11. The lowest BCUT2D eigenvalue weighted by Gasteiger charge is -2.15. The molecule has 0 aliphatic heterocycles. The first kappa shape index (κ1) is 15.8. The molecule has 1 aromatic rings. The number of aryl methyl sites for hydroxylation is 1. The minimum absolute atomic E-state index is 0.173. The van der Waals surface area contributed by atoms with Crippen LogP contribution in [0, 0.1) is 0 Å². The molecule has 1 unspecified atom stereocenters. The molecule has 0 aliphatic carbocycles. The lowest BCUT2D eigenvalue weighted by atomic mass is 10.1. The third-order valence-corrected chi connectivity index (χ3v) is 3.29. The van der Waals surface area contributed by atoms with Gasteiger partial charge in [-0.05, 0) is 24.6 Å². The van der Waals surface area contributed by atoms with Crippen LogP contribution in [-0.2, 0) is 11.3 Å². The highest BCUT2D eigenvalue weighted by Gasteiger charge is 2.11. The van der Waals surface area contributed by atoms with E-state index in [9.17, 15) is 4.79 Å². The standard InChI is InChI=1S/C15H27N3O/c1-5-7-14(16-6-2)13-8-10-18(12-13)11-9-15(19)17(3)4/h8,10,12,14,16H,5-7,9,11H2,1-4H3. The maximum absolute atomic E-state index is 11.6. The van der Waals surface area contributed by atoms with E-state index in [0.29, 0.717) is 12.5 Å². The van der Waals surface area contributed by atoms with Crippen molar-refractivity contribution in [3.05, 3.63) is 24.0 Å². The minimum Gasteiger partial charge on any atom is -0.353 e. The van der Waals surface area contributed by atoms with Gasteiger partial charge in [-0.15, -0.1) is 0 Å². The molecule has 4 nitrogen and oxygen atoms in total. The Morgan fingerprint density at radius 2 is 2.16 bits per heavy atom. The Morgan fingerprint density at radius 3 is 2.74 bits per heavy atom. The summed E-state index contributed by atoms with van der Waals surface area (Å²) in [5.41, 5.74) is 1.32.